The number of hydrogen-bond donors (Lipinski definition) is 0. The molecule has 1 aliphatic rings. The van der Waals surface area contributed by atoms with Gasteiger partial charge in [0.15, 0.2) is 0 Å². The first-order chi connectivity index (χ1) is 10.3. The molecule has 0 unspecified atom stereocenters. The molecule has 118 valence electrons. The number of nitrogens with zero attached hydrogens (tertiary/aromatic N) is 3. The van der Waals surface area contributed by atoms with Gasteiger partial charge in [-0.2, -0.15) is 0 Å². The zero-order chi connectivity index (χ0) is 15.9. The molecule has 3 rings (SSSR count). The zero-order valence-corrected chi connectivity index (χ0v) is 13.2. The Morgan fingerprint density at radius 2 is 2.14 bits per heavy atom. The van der Waals surface area contributed by atoms with Crippen LogP contribution in [0.1, 0.15) is 30.5 Å². The summed E-state index contributed by atoms with van der Waals surface area (Å²) in [6.45, 7) is -0.225. The van der Waals surface area contributed by atoms with Crippen LogP contribution in [-0.2, 0) is 16.6 Å². The molecule has 0 aliphatic heterocycles. The number of benzene rings is 1. The highest BCUT2D eigenvalue weighted by Crippen LogP contribution is 2.39. The molecule has 1 aliphatic carbocycles. The number of aromatic nitrogens is 2. The standard InChI is InChI=1S/C13H13ClFN3O3S/c1-22(19,20)18(11-5-4-9(14)6-10(11)15)7-12-16-17-13(21-12)8-2-3-8/h4-6,8H,2-3,7H2,1H3. The number of sulfonamides is 1. The molecule has 22 heavy (non-hydrogen) atoms. The van der Waals surface area contributed by atoms with Crippen molar-refractivity contribution in [2.24, 2.45) is 0 Å². The summed E-state index contributed by atoms with van der Waals surface area (Å²) in [6, 6.07) is 3.77. The summed E-state index contributed by atoms with van der Waals surface area (Å²) < 4.78 is 44.3. The largest absolute Gasteiger partial charge is 0.423 e. The average molecular weight is 346 g/mol. The molecule has 1 aromatic carbocycles. The second-order valence-electron chi connectivity index (χ2n) is 5.17. The highest BCUT2D eigenvalue weighted by Gasteiger charge is 2.30. The molecule has 0 bridgehead atoms. The fourth-order valence-electron chi connectivity index (χ4n) is 2.01. The molecule has 0 atom stereocenters. The van der Waals surface area contributed by atoms with E-state index in [-0.39, 0.29) is 29.1 Å². The summed E-state index contributed by atoms with van der Waals surface area (Å²) >= 11 is 5.69. The Balaban J connectivity index is 1.92. The Morgan fingerprint density at radius 1 is 1.41 bits per heavy atom. The minimum absolute atomic E-state index is 0.113. The van der Waals surface area contributed by atoms with Crippen molar-refractivity contribution in [3.63, 3.8) is 0 Å². The molecule has 0 spiro atoms. The summed E-state index contributed by atoms with van der Waals surface area (Å²) in [5, 5.41) is 7.91. The Kier molecular flexibility index (Phi) is 3.82. The van der Waals surface area contributed by atoms with Crippen molar-refractivity contribution in [1.29, 1.82) is 0 Å². The van der Waals surface area contributed by atoms with Crippen LogP contribution in [0.3, 0.4) is 0 Å². The SMILES string of the molecule is CS(=O)(=O)N(Cc1nnc(C2CC2)o1)c1ccc(Cl)cc1F. The molecular formula is C13H13ClFN3O3S. The summed E-state index contributed by atoms with van der Waals surface area (Å²) in [7, 11) is -3.72. The van der Waals surface area contributed by atoms with Gasteiger partial charge in [0, 0.05) is 10.9 Å². The zero-order valence-electron chi connectivity index (χ0n) is 11.7. The van der Waals surface area contributed by atoms with Crippen LogP contribution in [0.25, 0.3) is 0 Å². The molecule has 1 fully saturated rings. The molecular weight excluding hydrogens is 333 g/mol. The van der Waals surface area contributed by atoms with Gasteiger partial charge in [-0.15, -0.1) is 10.2 Å². The van der Waals surface area contributed by atoms with E-state index >= 15 is 0 Å². The van der Waals surface area contributed by atoms with E-state index < -0.39 is 15.8 Å². The highest BCUT2D eigenvalue weighted by molar-refractivity contribution is 7.92. The molecule has 1 saturated carbocycles. The molecule has 0 radical (unpaired) electrons. The lowest BCUT2D eigenvalue weighted by Crippen LogP contribution is -2.30. The minimum Gasteiger partial charge on any atom is -0.423 e. The minimum atomic E-state index is -3.72. The van der Waals surface area contributed by atoms with E-state index in [1.807, 2.05) is 0 Å². The van der Waals surface area contributed by atoms with Gasteiger partial charge in [-0.1, -0.05) is 11.6 Å². The van der Waals surface area contributed by atoms with Crippen molar-refractivity contribution >= 4 is 27.3 Å². The topological polar surface area (TPSA) is 76.3 Å². The quantitative estimate of drug-likeness (QED) is 0.832. The molecule has 0 amide bonds. The second kappa shape index (κ2) is 5.51. The summed E-state index contributed by atoms with van der Waals surface area (Å²) in [5.74, 6) is 0.154. The number of halogens is 2. The van der Waals surface area contributed by atoms with E-state index in [2.05, 4.69) is 10.2 Å². The number of anilines is 1. The van der Waals surface area contributed by atoms with Crippen LogP contribution >= 0.6 is 11.6 Å². The fourth-order valence-corrected chi connectivity index (χ4v) is 3.02. The third-order valence-electron chi connectivity index (χ3n) is 3.27. The van der Waals surface area contributed by atoms with Gasteiger partial charge in [0.25, 0.3) is 0 Å². The van der Waals surface area contributed by atoms with Gasteiger partial charge in [0.2, 0.25) is 21.8 Å². The Morgan fingerprint density at radius 3 is 2.73 bits per heavy atom. The van der Waals surface area contributed by atoms with Crippen molar-refractivity contribution in [3.05, 3.63) is 40.8 Å². The molecule has 0 N–H and O–H groups in total. The van der Waals surface area contributed by atoms with Gasteiger partial charge in [0.05, 0.1) is 11.9 Å². The lowest BCUT2D eigenvalue weighted by atomic mass is 10.3. The van der Waals surface area contributed by atoms with Crippen LogP contribution in [-0.4, -0.2) is 24.9 Å². The van der Waals surface area contributed by atoms with Gasteiger partial charge in [-0.25, -0.2) is 12.8 Å². The van der Waals surface area contributed by atoms with E-state index in [4.69, 9.17) is 16.0 Å². The smallest absolute Gasteiger partial charge is 0.236 e. The molecule has 2 aromatic rings. The summed E-state index contributed by atoms with van der Waals surface area (Å²) in [4.78, 5) is 0. The summed E-state index contributed by atoms with van der Waals surface area (Å²) in [6.07, 6.45) is 2.96. The van der Waals surface area contributed by atoms with E-state index in [0.717, 1.165) is 29.5 Å². The van der Waals surface area contributed by atoms with Gasteiger partial charge in [-0.05, 0) is 31.0 Å². The van der Waals surface area contributed by atoms with E-state index in [0.29, 0.717) is 5.89 Å². The van der Waals surface area contributed by atoms with Crippen LogP contribution in [0.2, 0.25) is 5.02 Å². The summed E-state index contributed by atoms with van der Waals surface area (Å²) in [5.41, 5.74) is -0.113. The molecule has 1 heterocycles. The van der Waals surface area contributed by atoms with Gasteiger partial charge in [0.1, 0.15) is 12.4 Å². The number of hydrogen-bond acceptors (Lipinski definition) is 5. The normalized spacial score (nSPS) is 15.0. The third-order valence-corrected chi connectivity index (χ3v) is 4.63. The Labute approximate surface area is 131 Å². The van der Waals surface area contributed by atoms with Crippen molar-refractivity contribution in [1.82, 2.24) is 10.2 Å². The predicted molar refractivity (Wildman–Crippen MR) is 78.7 cm³/mol. The van der Waals surface area contributed by atoms with Crippen molar-refractivity contribution in [2.45, 2.75) is 25.3 Å². The molecule has 9 heteroatoms. The fraction of sp³-hybridized carbons (Fsp3) is 0.385. The van der Waals surface area contributed by atoms with Crippen LogP contribution < -0.4 is 4.31 Å². The predicted octanol–water partition coefficient (Wildman–Crippen LogP) is 2.71. The van der Waals surface area contributed by atoms with Crippen molar-refractivity contribution in [3.8, 4) is 0 Å². The maximum atomic E-state index is 14.0. The maximum absolute atomic E-state index is 14.0. The molecule has 0 saturated heterocycles. The van der Waals surface area contributed by atoms with Crippen molar-refractivity contribution < 1.29 is 17.2 Å². The van der Waals surface area contributed by atoms with Crippen LogP contribution in [0.4, 0.5) is 10.1 Å². The number of rotatable bonds is 5. The van der Waals surface area contributed by atoms with Gasteiger partial charge >= 0.3 is 0 Å². The van der Waals surface area contributed by atoms with Crippen molar-refractivity contribution in [2.75, 3.05) is 10.6 Å². The first-order valence-electron chi connectivity index (χ1n) is 6.59. The lowest BCUT2D eigenvalue weighted by molar-refractivity contribution is 0.451. The van der Waals surface area contributed by atoms with Gasteiger partial charge in [-0.3, -0.25) is 4.31 Å². The van der Waals surface area contributed by atoms with Crippen LogP contribution in [0.5, 0.6) is 0 Å². The van der Waals surface area contributed by atoms with Crippen LogP contribution in [0.15, 0.2) is 22.6 Å². The van der Waals surface area contributed by atoms with Crippen LogP contribution in [0, 0.1) is 5.82 Å². The first-order valence-corrected chi connectivity index (χ1v) is 8.82. The second-order valence-corrected chi connectivity index (χ2v) is 7.52. The molecule has 6 nitrogen and oxygen atoms in total. The lowest BCUT2D eigenvalue weighted by Gasteiger charge is -2.21. The van der Waals surface area contributed by atoms with E-state index in [9.17, 15) is 12.8 Å². The van der Waals surface area contributed by atoms with Gasteiger partial charge < -0.3 is 4.42 Å². The monoisotopic (exact) mass is 345 g/mol. The Bertz CT molecular complexity index is 805. The molecule has 1 aromatic heterocycles. The van der Waals surface area contributed by atoms with E-state index in [1.165, 1.54) is 12.1 Å². The average Bonchev–Trinajstić information content (AvgIpc) is 3.16. The van der Waals surface area contributed by atoms with E-state index in [1.54, 1.807) is 0 Å². The maximum Gasteiger partial charge on any atom is 0.236 e. The third kappa shape index (κ3) is 3.22. The Hall–Kier alpha value is -1.67. The first kappa shape index (κ1) is 15.2. The highest BCUT2D eigenvalue weighted by atomic mass is 35.5.